The highest BCUT2D eigenvalue weighted by Gasteiger charge is 2.11. The van der Waals surface area contributed by atoms with Crippen molar-refractivity contribution < 1.29 is 9.21 Å². The van der Waals surface area contributed by atoms with Crippen LogP contribution < -0.4 is 5.73 Å². The van der Waals surface area contributed by atoms with E-state index in [9.17, 15) is 4.79 Å². The summed E-state index contributed by atoms with van der Waals surface area (Å²) in [5.41, 5.74) is 7.16. The van der Waals surface area contributed by atoms with Crippen molar-refractivity contribution in [3.05, 3.63) is 29.7 Å². The number of oxazole rings is 1. The maximum absolute atomic E-state index is 11.2. The highest BCUT2D eigenvalue weighted by molar-refractivity contribution is 6.03. The predicted octanol–water partition coefficient (Wildman–Crippen LogP) is 1.49. The molecule has 0 unspecified atom stereocenters. The maximum Gasteiger partial charge on any atom is 0.209 e. The Morgan fingerprint density at radius 2 is 2.36 bits per heavy atom. The maximum atomic E-state index is 11.2. The molecular formula is C10H10N2O2. The molecule has 0 saturated heterocycles. The highest BCUT2D eigenvalue weighted by atomic mass is 16.3. The molecule has 0 amide bonds. The van der Waals surface area contributed by atoms with Crippen molar-refractivity contribution in [2.24, 2.45) is 5.73 Å². The summed E-state index contributed by atoms with van der Waals surface area (Å²) in [6, 6.07) is 5.29. The molecule has 4 heteroatoms. The third-order valence-electron chi connectivity index (χ3n) is 2.01. The smallest absolute Gasteiger partial charge is 0.209 e. The molecule has 0 saturated carbocycles. The Kier molecular flexibility index (Phi) is 2.05. The van der Waals surface area contributed by atoms with E-state index in [-0.39, 0.29) is 12.3 Å². The molecule has 0 spiro atoms. The summed E-state index contributed by atoms with van der Waals surface area (Å²) < 4.78 is 5.35. The van der Waals surface area contributed by atoms with Crippen LogP contribution in [0.1, 0.15) is 23.2 Å². The zero-order chi connectivity index (χ0) is 10.1. The number of carbonyl (C=O) groups excluding carboxylic acids is 1. The number of hydrogen-bond donors (Lipinski definition) is 1. The standard InChI is InChI=1S/C10H10N2O2/c1-6(13)7-3-2-4-8-10(7)14-9(5-11)12-8/h2-4H,5,11H2,1H3. The van der Waals surface area contributed by atoms with Crippen molar-refractivity contribution >= 4 is 16.9 Å². The third kappa shape index (κ3) is 1.29. The van der Waals surface area contributed by atoms with Gasteiger partial charge in [0.2, 0.25) is 5.89 Å². The van der Waals surface area contributed by atoms with E-state index < -0.39 is 0 Å². The second-order valence-corrected chi connectivity index (χ2v) is 3.02. The lowest BCUT2D eigenvalue weighted by molar-refractivity contribution is 0.101. The largest absolute Gasteiger partial charge is 0.439 e. The Bertz CT molecular complexity index is 488. The van der Waals surface area contributed by atoms with Crippen molar-refractivity contribution in [3.63, 3.8) is 0 Å². The van der Waals surface area contributed by atoms with E-state index in [0.717, 1.165) is 0 Å². The summed E-state index contributed by atoms with van der Waals surface area (Å²) in [4.78, 5) is 15.4. The first-order chi connectivity index (χ1) is 6.72. The molecule has 0 aliphatic carbocycles. The van der Waals surface area contributed by atoms with Crippen molar-refractivity contribution in [3.8, 4) is 0 Å². The molecular weight excluding hydrogens is 180 g/mol. The zero-order valence-electron chi connectivity index (χ0n) is 7.78. The van der Waals surface area contributed by atoms with Crippen LogP contribution in [0.4, 0.5) is 0 Å². The number of aromatic nitrogens is 1. The number of nitrogens with zero attached hydrogens (tertiary/aromatic N) is 1. The number of nitrogens with two attached hydrogens (primary N) is 1. The lowest BCUT2D eigenvalue weighted by Crippen LogP contribution is -1.95. The summed E-state index contributed by atoms with van der Waals surface area (Å²) in [5, 5.41) is 0. The minimum absolute atomic E-state index is 0.0321. The van der Waals surface area contributed by atoms with E-state index in [1.165, 1.54) is 6.92 Å². The molecule has 0 bridgehead atoms. The molecule has 1 heterocycles. The van der Waals surface area contributed by atoms with Gasteiger partial charge in [-0.25, -0.2) is 4.98 Å². The minimum atomic E-state index is -0.0321. The monoisotopic (exact) mass is 190 g/mol. The summed E-state index contributed by atoms with van der Waals surface area (Å²) >= 11 is 0. The van der Waals surface area contributed by atoms with E-state index >= 15 is 0 Å². The van der Waals surface area contributed by atoms with Crippen LogP contribution in [0, 0.1) is 0 Å². The number of Topliss-reactive ketones (excluding diaryl/α,β-unsaturated/α-hetero) is 1. The van der Waals surface area contributed by atoms with Crippen LogP contribution in [0.25, 0.3) is 11.1 Å². The summed E-state index contributed by atoms with van der Waals surface area (Å²) in [6.07, 6.45) is 0. The van der Waals surface area contributed by atoms with Crippen LogP contribution >= 0.6 is 0 Å². The predicted molar refractivity (Wildman–Crippen MR) is 51.9 cm³/mol. The van der Waals surface area contributed by atoms with Crippen LogP contribution in [0.5, 0.6) is 0 Å². The highest BCUT2D eigenvalue weighted by Crippen LogP contribution is 2.20. The topological polar surface area (TPSA) is 69.1 Å². The van der Waals surface area contributed by atoms with E-state index in [1.54, 1.807) is 18.2 Å². The van der Waals surface area contributed by atoms with Gasteiger partial charge in [0.05, 0.1) is 12.1 Å². The van der Waals surface area contributed by atoms with Gasteiger partial charge in [-0.15, -0.1) is 0 Å². The minimum Gasteiger partial charge on any atom is -0.439 e. The number of carbonyl (C=O) groups is 1. The molecule has 1 aromatic heterocycles. The fourth-order valence-electron chi connectivity index (χ4n) is 1.36. The molecule has 2 aromatic rings. The lowest BCUT2D eigenvalue weighted by Gasteiger charge is -1.93. The first kappa shape index (κ1) is 8.90. The van der Waals surface area contributed by atoms with Crippen LogP contribution in [0.3, 0.4) is 0 Å². The first-order valence-electron chi connectivity index (χ1n) is 4.32. The molecule has 72 valence electrons. The van der Waals surface area contributed by atoms with Gasteiger partial charge in [0.25, 0.3) is 0 Å². The van der Waals surface area contributed by atoms with Gasteiger partial charge in [0.1, 0.15) is 5.52 Å². The molecule has 1 aromatic carbocycles. The van der Waals surface area contributed by atoms with Crippen LogP contribution in [-0.4, -0.2) is 10.8 Å². The molecule has 2 N–H and O–H groups in total. The van der Waals surface area contributed by atoms with Crippen LogP contribution in [0.15, 0.2) is 22.6 Å². The Morgan fingerprint density at radius 3 is 3.00 bits per heavy atom. The van der Waals surface area contributed by atoms with Crippen molar-refractivity contribution in [2.75, 3.05) is 0 Å². The number of benzene rings is 1. The number of ketones is 1. The van der Waals surface area contributed by atoms with Gasteiger partial charge in [0, 0.05) is 0 Å². The van der Waals surface area contributed by atoms with Gasteiger partial charge in [-0.05, 0) is 19.1 Å². The fraction of sp³-hybridized carbons (Fsp3) is 0.200. The normalized spacial score (nSPS) is 10.7. The molecule has 0 fully saturated rings. The average molecular weight is 190 g/mol. The first-order valence-corrected chi connectivity index (χ1v) is 4.32. The molecule has 2 rings (SSSR count). The van der Waals surface area contributed by atoms with E-state index in [4.69, 9.17) is 10.2 Å². The Morgan fingerprint density at radius 1 is 1.57 bits per heavy atom. The van der Waals surface area contributed by atoms with Crippen LogP contribution in [-0.2, 0) is 6.54 Å². The number of rotatable bonds is 2. The molecule has 0 radical (unpaired) electrons. The second-order valence-electron chi connectivity index (χ2n) is 3.02. The van der Waals surface area contributed by atoms with Crippen molar-refractivity contribution in [2.45, 2.75) is 13.5 Å². The Labute approximate surface area is 80.7 Å². The summed E-state index contributed by atoms with van der Waals surface area (Å²) in [7, 11) is 0. The molecule has 0 atom stereocenters. The van der Waals surface area contributed by atoms with Gasteiger partial charge in [-0.2, -0.15) is 0 Å². The number of hydrogen-bond acceptors (Lipinski definition) is 4. The van der Waals surface area contributed by atoms with Gasteiger partial charge in [-0.1, -0.05) is 6.07 Å². The SMILES string of the molecule is CC(=O)c1cccc2nc(CN)oc12. The fourth-order valence-corrected chi connectivity index (χ4v) is 1.36. The molecule has 0 aliphatic heterocycles. The Hall–Kier alpha value is -1.68. The van der Waals surface area contributed by atoms with Crippen molar-refractivity contribution in [1.29, 1.82) is 0 Å². The van der Waals surface area contributed by atoms with Gasteiger partial charge >= 0.3 is 0 Å². The lowest BCUT2D eigenvalue weighted by atomic mass is 10.1. The van der Waals surface area contributed by atoms with Crippen LogP contribution in [0.2, 0.25) is 0 Å². The quantitative estimate of drug-likeness (QED) is 0.728. The molecule has 0 aliphatic rings. The second kappa shape index (κ2) is 3.23. The molecule has 4 nitrogen and oxygen atoms in total. The van der Waals surface area contributed by atoms with Gasteiger partial charge in [0.15, 0.2) is 11.4 Å². The average Bonchev–Trinajstić information content (AvgIpc) is 2.59. The zero-order valence-corrected chi connectivity index (χ0v) is 7.78. The summed E-state index contributed by atoms with van der Waals surface area (Å²) in [6.45, 7) is 1.74. The van der Waals surface area contributed by atoms with E-state index in [1.807, 2.05) is 0 Å². The van der Waals surface area contributed by atoms with Gasteiger partial charge < -0.3 is 10.2 Å². The summed E-state index contributed by atoms with van der Waals surface area (Å²) in [5.74, 6) is 0.420. The third-order valence-corrected chi connectivity index (χ3v) is 2.01. The van der Waals surface area contributed by atoms with Gasteiger partial charge in [-0.3, -0.25) is 4.79 Å². The van der Waals surface area contributed by atoms with E-state index in [2.05, 4.69) is 4.98 Å². The molecule has 14 heavy (non-hydrogen) atoms. The van der Waals surface area contributed by atoms with Crippen molar-refractivity contribution in [1.82, 2.24) is 4.98 Å². The number of fused-ring (bicyclic) bond motifs is 1. The number of para-hydroxylation sites is 1. The Balaban J connectivity index is 2.73. The van der Waals surface area contributed by atoms with E-state index in [0.29, 0.717) is 22.6 Å².